The number of carbonyl (C=O) groups is 2. The number of benzene rings is 1. The molecule has 0 radical (unpaired) electrons. The summed E-state index contributed by atoms with van der Waals surface area (Å²) < 4.78 is 4.65. The van der Waals surface area contributed by atoms with Crippen LogP contribution >= 0.6 is 11.6 Å². The van der Waals surface area contributed by atoms with Gasteiger partial charge in [0.1, 0.15) is 0 Å². The third-order valence-electron chi connectivity index (χ3n) is 3.72. The molecule has 1 amide bonds. The minimum atomic E-state index is -0.277. The van der Waals surface area contributed by atoms with Gasteiger partial charge in [-0.2, -0.15) is 0 Å². The van der Waals surface area contributed by atoms with Crippen molar-refractivity contribution in [2.75, 3.05) is 20.2 Å². The standard InChI is InChI=1S/C18H26ClNO3/c1-3-4-13-20(14-12-18(22)23-2)17(21)7-5-6-15-8-10-16(19)11-9-15/h8-11H,3-7,12-14H2,1-2H3. The highest BCUT2D eigenvalue weighted by atomic mass is 35.5. The van der Waals surface area contributed by atoms with E-state index in [1.807, 2.05) is 24.3 Å². The summed E-state index contributed by atoms with van der Waals surface area (Å²) in [4.78, 5) is 25.4. The highest BCUT2D eigenvalue weighted by Gasteiger charge is 2.14. The smallest absolute Gasteiger partial charge is 0.307 e. The second kappa shape index (κ2) is 11.1. The summed E-state index contributed by atoms with van der Waals surface area (Å²) in [7, 11) is 1.37. The minimum absolute atomic E-state index is 0.108. The maximum Gasteiger partial charge on any atom is 0.307 e. The van der Waals surface area contributed by atoms with Gasteiger partial charge < -0.3 is 9.64 Å². The van der Waals surface area contributed by atoms with Crippen LogP contribution in [0.25, 0.3) is 0 Å². The molecule has 0 atom stereocenters. The number of ether oxygens (including phenoxy) is 1. The molecule has 0 N–H and O–H groups in total. The van der Waals surface area contributed by atoms with Gasteiger partial charge in [-0.25, -0.2) is 0 Å². The number of rotatable bonds is 10. The van der Waals surface area contributed by atoms with Gasteiger partial charge in [0.05, 0.1) is 13.5 Å². The van der Waals surface area contributed by atoms with Crippen molar-refractivity contribution in [1.82, 2.24) is 4.90 Å². The van der Waals surface area contributed by atoms with E-state index in [4.69, 9.17) is 11.6 Å². The Hall–Kier alpha value is -1.55. The maximum absolute atomic E-state index is 12.3. The Labute approximate surface area is 143 Å². The van der Waals surface area contributed by atoms with Crippen LogP contribution in [-0.4, -0.2) is 37.0 Å². The number of hydrogen-bond acceptors (Lipinski definition) is 3. The van der Waals surface area contributed by atoms with Gasteiger partial charge in [0, 0.05) is 24.5 Å². The fraction of sp³-hybridized carbons (Fsp3) is 0.556. The van der Waals surface area contributed by atoms with Crippen molar-refractivity contribution < 1.29 is 14.3 Å². The van der Waals surface area contributed by atoms with Crippen molar-refractivity contribution in [1.29, 1.82) is 0 Å². The summed E-state index contributed by atoms with van der Waals surface area (Å²) in [6.07, 6.45) is 4.36. The molecule has 0 bridgehead atoms. The number of methoxy groups -OCH3 is 1. The molecule has 0 heterocycles. The predicted molar refractivity (Wildman–Crippen MR) is 92.5 cm³/mol. The van der Waals surface area contributed by atoms with Gasteiger partial charge in [0.15, 0.2) is 0 Å². The Bertz CT molecular complexity index is 488. The number of esters is 1. The van der Waals surface area contributed by atoms with Crippen LogP contribution in [0, 0.1) is 0 Å². The Morgan fingerprint density at radius 1 is 1.09 bits per heavy atom. The monoisotopic (exact) mass is 339 g/mol. The molecule has 0 fully saturated rings. The van der Waals surface area contributed by atoms with Gasteiger partial charge >= 0.3 is 5.97 Å². The number of carbonyl (C=O) groups excluding carboxylic acids is 2. The summed E-state index contributed by atoms with van der Waals surface area (Å²) in [5.74, 6) is -0.170. The number of unbranched alkanes of at least 4 members (excludes halogenated alkanes) is 1. The SMILES string of the molecule is CCCCN(CCC(=O)OC)C(=O)CCCc1ccc(Cl)cc1. The number of hydrogen-bond donors (Lipinski definition) is 0. The molecule has 0 saturated carbocycles. The van der Waals surface area contributed by atoms with Crippen LogP contribution < -0.4 is 0 Å². The number of amides is 1. The van der Waals surface area contributed by atoms with E-state index in [1.54, 1.807) is 4.90 Å². The summed E-state index contributed by atoms with van der Waals surface area (Å²) in [6.45, 7) is 3.23. The van der Waals surface area contributed by atoms with Crippen molar-refractivity contribution in [2.45, 2.75) is 45.4 Å². The average molecular weight is 340 g/mol. The summed E-state index contributed by atoms with van der Waals surface area (Å²) in [5, 5.41) is 0.721. The molecule has 128 valence electrons. The molecule has 0 spiro atoms. The lowest BCUT2D eigenvalue weighted by molar-refractivity contribution is -0.141. The first kappa shape index (κ1) is 19.5. The van der Waals surface area contributed by atoms with E-state index in [0.29, 0.717) is 19.5 Å². The Kier molecular flexibility index (Phi) is 9.37. The fourth-order valence-electron chi connectivity index (χ4n) is 2.29. The van der Waals surface area contributed by atoms with Gasteiger partial charge in [-0.05, 0) is 37.0 Å². The lowest BCUT2D eigenvalue weighted by atomic mass is 10.1. The van der Waals surface area contributed by atoms with E-state index in [-0.39, 0.29) is 18.3 Å². The second-order valence-electron chi connectivity index (χ2n) is 5.54. The largest absolute Gasteiger partial charge is 0.469 e. The summed E-state index contributed by atoms with van der Waals surface area (Å²) in [6, 6.07) is 7.70. The van der Waals surface area contributed by atoms with Crippen molar-refractivity contribution >= 4 is 23.5 Å². The number of aryl methyl sites for hydroxylation is 1. The number of halogens is 1. The zero-order valence-electron chi connectivity index (χ0n) is 14.0. The van der Waals surface area contributed by atoms with Crippen molar-refractivity contribution in [3.8, 4) is 0 Å². The van der Waals surface area contributed by atoms with Gasteiger partial charge in [-0.1, -0.05) is 37.1 Å². The van der Waals surface area contributed by atoms with Gasteiger partial charge in [0.2, 0.25) is 5.91 Å². The molecule has 1 rings (SSSR count). The van der Waals surface area contributed by atoms with Crippen LogP contribution in [0.1, 0.15) is 44.6 Å². The van der Waals surface area contributed by atoms with Crippen LogP contribution in [0.5, 0.6) is 0 Å². The zero-order chi connectivity index (χ0) is 17.1. The van der Waals surface area contributed by atoms with Crippen LogP contribution in [0.4, 0.5) is 0 Å². The Balaban J connectivity index is 2.41. The third kappa shape index (κ3) is 8.03. The lowest BCUT2D eigenvalue weighted by Gasteiger charge is -2.22. The third-order valence-corrected chi connectivity index (χ3v) is 3.97. The highest BCUT2D eigenvalue weighted by Crippen LogP contribution is 2.12. The second-order valence-corrected chi connectivity index (χ2v) is 5.98. The highest BCUT2D eigenvalue weighted by molar-refractivity contribution is 6.30. The quantitative estimate of drug-likeness (QED) is 0.608. The van der Waals surface area contributed by atoms with E-state index >= 15 is 0 Å². The molecule has 0 aliphatic heterocycles. The normalized spacial score (nSPS) is 10.4. The molecular weight excluding hydrogens is 314 g/mol. The fourth-order valence-corrected chi connectivity index (χ4v) is 2.42. The van der Waals surface area contributed by atoms with E-state index in [9.17, 15) is 9.59 Å². The molecule has 0 aliphatic carbocycles. The van der Waals surface area contributed by atoms with Crippen molar-refractivity contribution in [2.24, 2.45) is 0 Å². The van der Waals surface area contributed by atoms with Crippen LogP contribution in [-0.2, 0) is 20.7 Å². The molecule has 23 heavy (non-hydrogen) atoms. The first-order valence-electron chi connectivity index (χ1n) is 8.15. The Morgan fingerprint density at radius 2 is 1.78 bits per heavy atom. The molecular formula is C18H26ClNO3. The first-order valence-corrected chi connectivity index (χ1v) is 8.53. The zero-order valence-corrected chi connectivity index (χ0v) is 14.8. The summed E-state index contributed by atoms with van der Waals surface area (Å²) >= 11 is 5.86. The van der Waals surface area contributed by atoms with Crippen molar-refractivity contribution in [3.63, 3.8) is 0 Å². The number of nitrogens with zero attached hydrogens (tertiary/aromatic N) is 1. The Morgan fingerprint density at radius 3 is 2.39 bits per heavy atom. The lowest BCUT2D eigenvalue weighted by Crippen LogP contribution is -2.34. The van der Waals surface area contributed by atoms with Gasteiger partial charge in [0.25, 0.3) is 0 Å². The first-order chi connectivity index (χ1) is 11.1. The average Bonchev–Trinajstić information content (AvgIpc) is 2.56. The minimum Gasteiger partial charge on any atom is -0.469 e. The maximum atomic E-state index is 12.3. The molecule has 1 aromatic rings. The van der Waals surface area contributed by atoms with Crippen molar-refractivity contribution in [3.05, 3.63) is 34.9 Å². The van der Waals surface area contributed by atoms with Crippen LogP contribution in [0.2, 0.25) is 5.02 Å². The van der Waals surface area contributed by atoms with E-state index in [1.165, 1.54) is 12.7 Å². The van der Waals surface area contributed by atoms with E-state index in [2.05, 4.69) is 11.7 Å². The molecule has 1 aromatic carbocycles. The molecule has 0 aliphatic rings. The van der Waals surface area contributed by atoms with Gasteiger partial charge in [-0.15, -0.1) is 0 Å². The molecule has 0 aromatic heterocycles. The van der Waals surface area contributed by atoms with Crippen LogP contribution in [0.15, 0.2) is 24.3 Å². The van der Waals surface area contributed by atoms with E-state index < -0.39 is 0 Å². The molecule has 5 heteroatoms. The van der Waals surface area contributed by atoms with E-state index in [0.717, 1.165) is 30.7 Å². The topological polar surface area (TPSA) is 46.6 Å². The predicted octanol–water partition coefficient (Wildman–Crippen LogP) is 3.85. The summed E-state index contributed by atoms with van der Waals surface area (Å²) in [5.41, 5.74) is 1.18. The van der Waals surface area contributed by atoms with Crippen LogP contribution in [0.3, 0.4) is 0 Å². The molecule has 0 unspecified atom stereocenters. The van der Waals surface area contributed by atoms with Gasteiger partial charge in [-0.3, -0.25) is 9.59 Å². The molecule has 0 saturated heterocycles. The molecule has 4 nitrogen and oxygen atoms in total.